The largest absolute Gasteiger partial charge is 0.497 e. The van der Waals surface area contributed by atoms with Gasteiger partial charge < -0.3 is 23.7 Å². The molecule has 28 heavy (non-hydrogen) atoms. The molecule has 3 rings (SSSR count). The Bertz CT molecular complexity index is 938. The smallest absolute Gasteiger partial charge is 0.331 e. The van der Waals surface area contributed by atoms with E-state index in [9.17, 15) is 14.9 Å². The number of carbonyl (C=O) groups is 1. The van der Waals surface area contributed by atoms with E-state index in [0.717, 1.165) is 6.08 Å². The Kier molecular flexibility index (Phi) is 5.64. The Morgan fingerprint density at radius 2 is 1.93 bits per heavy atom. The highest BCUT2D eigenvalue weighted by Crippen LogP contribution is 2.38. The Morgan fingerprint density at radius 1 is 1.18 bits per heavy atom. The SMILES string of the molecule is COc1ccc(OC)c(COC(=O)/C=C/c2cc3c(cc2[N+](=O)[O-])OCO3)c1. The zero-order valence-corrected chi connectivity index (χ0v) is 15.2. The highest BCUT2D eigenvalue weighted by atomic mass is 16.7. The second-order valence-corrected chi connectivity index (χ2v) is 5.64. The van der Waals surface area contributed by atoms with E-state index in [0.29, 0.717) is 22.8 Å². The van der Waals surface area contributed by atoms with Gasteiger partial charge in [-0.15, -0.1) is 0 Å². The molecule has 0 N–H and O–H groups in total. The molecule has 0 radical (unpaired) electrons. The summed E-state index contributed by atoms with van der Waals surface area (Å²) in [6.45, 7) is -0.0587. The van der Waals surface area contributed by atoms with Crippen molar-refractivity contribution in [3.05, 3.63) is 57.6 Å². The maximum atomic E-state index is 12.1. The molecule has 2 aromatic rings. The summed E-state index contributed by atoms with van der Waals surface area (Å²) in [6, 6.07) is 7.82. The van der Waals surface area contributed by atoms with Crippen LogP contribution in [0.25, 0.3) is 6.08 Å². The zero-order valence-electron chi connectivity index (χ0n) is 15.2. The first-order chi connectivity index (χ1) is 13.5. The number of nitro benzene ring substituents is 1. The van der Waals surface area contributed by atoms with E-state index in [4.69, 9.17) is 23.7 Å². The second-order valence-electron chi connectivity index (χ2n) is 5.64. The Labute approximate surface area is 160 Å². The Hall–Kier alpha value is -3.75. The van der Waals surface area contributed by atoms with E-state index >= 15 is 0 Å². The third-order valence-corrected chi connectivity index (χ3v) is 3.98. The lowest BCUT2D eigenvalue weighted by molar-refractivity contribution is -0.385. The van der Waals surface area contributed by atoms with Crippen molar-refractivity contribution in [3.8, 4) is 23.0 Å². The maximum absolute atomic E-state index is 12.1. The van der Waals surface area contributed by atoms with Gasteiger partial charge in [-0.1, -0.05) is 0 Å². The molecule has 9 nitrogen and oxygen atoms in total. The first-order valence-electron chi connectivity index (χ1n) is 8.15. The molecule has 9 heteroatoms. The van der Waals surface area contributed by atoms with Crippen molar-refractivity contribution in [2.45, 2.75) is 6.61 Å². The van der Waals surface area contributed by atoms with Gasteiger partial charge in [0, 0.05) is 11.6 Å². The van der Waals surface area contributed by atoms with Crippen molar-refractivity contribution in [1.29, 1.82) is 0 Å². The highest BCUT2D eigenvalue weighted by Gasteiger charge is 2.22. The normalized spacial score (nSPS) is 12.1. The topological polar surface area (TPSA) is 106 Å². The van der Waals surface area contributed by atoms with Crippen LogP contribution in [0.2, 0.25) is 0 Å². The lowest BCUT2D eigenvalue weighted by Crippen LogP contribution is -2.03. The van der Waals surface area contributed by atoms with Crippen molar-refractivity contribution in [2.75, 3.05) is 21.0 Å². The first-order valence-corrected chi connectivity index (χ1v) is 8.15. The molecule has 0 amide bonds. The lowest BCUT2D eigenvalue weighted by Gasteiger charge is -2.10. The van der Waals surface area contributed by atoms with Gasteiger partial charge in [-0.25, -0.2) is 4.79 Å². The fraction of sp³-hybridized carbons (Fsp3) is 0.211. The number of nitrogens with zero attached hydrogens (tertiary/aromatic N) is 1. The van der Waals surface area contributed by atoms with Crippen molar-refractivity contribution in [2.24, 2.45) is 0 Å². The minimum atomic E-state index is -0.670. The van der Waals surface area contributed by atoms with Crippen LogP contribution < -0.4 is 18.9 Å². The molecule has 0 aliphatic carbocycles. The van der Waals surface area contributed by atoms with Crippen LogP contribution in [-0.2, 0) is 16.1 Å². The van der Waals surface area contributed by atoms with Crippen molar-refractivity contribution < 1.29 is 33.4 Å². The van der Waals surface area contributed by atoms with Crippen LogP contribution in [-0.4, -0.2) is 31.9 Å². The predicted molar refractivity (Wildman–Crippen MR) is 97.6 cm³/mol. The second kappa shape index (κ2) is 8.30. The van der Waals surface area contributed by atoms with Crippen LogP contribution in [0.1, 0.15) is 11.1 Å². The van der Waals surface area contributed by atoms with Crippen LogP contribution in [0.5, 0.6) is 23.0 Å². The van der Waals surface area contributed by atoms with E-state index in [1.165, 1.54) is 32.4 Å². The third-order valence-electron chi connectivity index (χ3n) is 3.98. The zero-order chi connectivity index (χ0) is 20.1. The van der Waals surface area contributed by atoms with Gasteiger partial charge in [-0.3, -0.25) is 10.1 Å². The van der Waals surface area contributed by atoms with Crippen molar-refractivity contribution in [3.63, 3.8) is 0 Å². The van der Waals surface area contributed by atoms with Gasteiger partial charge in [0.2, 0.25) is 6.79 Å². The van der Waals surface area contributed by atoms with Crippen LogP contribution in [0.3, 0.4) is 0 Å². The number of hydrogen-bond donors (Lipinski definition) is 0. The third kappa shape index (κ3) is 4.14. The van der Waals surface area contributed by atoms with Crippen LogP contribution in [0.15, 0.2) is 36.4 Å². The first kappa shape index (κ1) is 19.0. The summed E-state index contributed by atoms with van der Waals surface area (Å²) >= 11 is 0. The number of carbonyl (C=O) groups excluding carboxylic acids is 1. The number of fused-ring (bicyclic) bond motifs is 1. The number of esters is 1. The number of nitro groups is 1. The van der Waals surface area contributed by atoms with Crippen LogP contribution in [0, 0.1) is 10.1 Å². The van der Waals surface area contributed by atoms with Crippen molar-refractivity contribution >= 4 is 17.7 Å². The monoisotopic (exact) mass is 387 g/mol. The minimum absolute atomic E-state index is 0.00985. The standard InChI is InChI=1S/C19H17NO8/c1-24-14-4-5-16(25-2)13(7-14)10-26-19(21)6-3-12-8-17-18(28-11-27-17)9-15(12)20(22)23/h3-9H,10-11H2,1-2H3/b6-3+. The summed E-state index contributed by atoms with van der Waals surface area (Å²) in [6.07, 6.45) is 2.41. The molecule has 0 atom stereocenters. The highest BCUT2D eigenvalue weighted by molar-refractivity contribution is 5.88. The van der Waals surface area contributed by atoms with E-state index in [1.54, 1.807) is 18.2 Å². The molecule has 146 valence electrons. The van der Waals surface area contributed by atoms with Gasteiger partial charge in [0.15, 0.2) is 11.5 Å². The fourth-order valence-electron chi connectivity index (χ4n) is 2.59. The predicted octanol–water partition coefficient (Wildman–Crippen LogP) is 3.10. The van der Waals surface area contributed by atoms with Crippen LogP contribution in [0.4, 0.5) is 5.69 Å². The van der Waals surface area contributed by atoms with Gasteiger partial charge in [-0.2, -0.15) is 0 Å². The molecule has 0 spiro atoms. The number of methoxy groups -OCH3 is 2. The molecule has 1 heterocycles. The summed E-state index contributed by atoms with van der Waals surface area (Å²) in [5, 5.41) is 11.2. The summed E-state index contributed by atoms with van der Waals surface area (Å²) in [7, 11) is 3.03. The van der Waals surface area contributed by atoms with Crippen LogP contribution >= 0.6 is 0 Å². The molecule has 0 unspecified atom stereocenters. The summed E-state index contributed by atoms with van der Waals surface area (Å²) < 4.78 is 25.9. The van der Waals surface area contributed by atoms with Gasteiger partial charge in [0.1, 0.15) is 18.1 Å². The van der Waals surface area contributed by atoms with Gasteiger partial charge >= 0.3 is 5.97 Å². The molecule has 1 aliphatic rings. The molecular formula is C19H17NO8. The molecule has 1 aliphatic heterocycles. The average Bonchev–Trinajstić information content (AvgIpc) is 3.17. The number of ether oxygens (including phenoxy) is 5. The fourth-order valence-corrected chi connectivity index (χ4v) is 2.59. The van der Waals surface area contributed by atoms with E-state index in [2.05, 4.69) is 0 Å². The number of rotatable bonds is 7. The minimum Gasteiger partial charge on any atom is -0.497 e. The summed E-state index contributed by atoms with van der Waals surface area (Å²) in [5.41, 5.74) is 0.616. The maximum Gasteiger partial charge on any atom is 0.331 e. The lowest BCUT2D eigenvalue weighted by atomic mass is 10.1. The van der Waals surface area contributed by atoms with E-state index in [-0.39, 0.29) is 30.4 Å². The van der Waals surface area contributed by atoms with E-state index < -0.39 is 10.9 Å². The molecule has 0 fully saturated rings. The van der Waals surface area contributed by atoms with Gasteiger partial charge in [0.25, 0.3) is 5.69 Å². The molecule has 0 saturated carbocycles. The number of benzene rings is 2. The van der Waals surface area contributed by atoms with E-state index in [1.807, 2.05) is 0 Å². The Balaban J connectivity index is 1.72. The summed E-state index contributed by atoms with van der Waals surface area (Å²) in [4.78, 5) is 22.7. The Morgan fingerprint density at radius 3 is 2.61 bits per heavy atom. The molecule has 0 aromatic heterocycles. The van der Waals surface area contributed by atoms with Gasteiger partial charge in [0.05, 0.1) is 30.8 Å². The molecule has 2 aromatic carbocycles. The number of hydrogen-bond acceptors (Lipinski definition) is 8. The quantitative estimate of drug-likeness (QED) is 0.309. The van der Waals surface area contributed by atoms with Crippen molar-refractivity contribution in [1.82, 2.24) is 0 Å². The molecule has 0 bridgehead atoms. The molecule has 0 saturated heterocycles. The molecular weight excluding hydrogens is 370 g/mol. The van der Waals surface area contributed by atoms with Gasteiger partial charge in [-0.05, 0) is 30.3 Å². The summed E-state index contributed by atoms with van der Waals surface area (Å²) in [5.74, 6) is 1.13. The average molecular weight is 387 g/mol.